The maximum absolute atomic E-state index is 12.3. The number of nitriles is 1. The van der Waals surface area contributed by atoms with Gasteiger partial charge in [0.1, 0.15) is 6.04 Å². The van der Waals surface area contributed by atoms with Crippen molar-refractivity contribution in [2.75, 3.05) is 4.90 Å². The van der Waals surface area contributed by atoms with Gasteiger partial charge in [0.2, 0.25) is 0 Å². The Morgan fingerprint density at radius 1 is 1.32 bits per heavy atom. The largest absolute Gasteiger partial charge is 0.420 e. The van der Waals surface area contributed by atoms with Gasteiger partial charge in [-0.1, -0.05) is 43.0 Å². The van der Waals surface area contributed by atoms with Gasteiger partial charge >= 0.3 is 6.09 Å². The molecule has 0 aromatic heterocycles. The Hall–Kier alpha value is -3.06. The summed E-state index contributed by atoms with van der Waals surface area (Å²) in [6, 6.07) is 13.1. The lowest BCUT2D eigenvalue weighted by atomic mass is 9.97. The van der Waals surface area contributed by atoms with Crippen LogP contribution in [0.25, 0.3) is 16.8 Å². The zero-order chi connectivity index (χ0) is 15.7. The van der Waals surface area contributed by atoms with Gasteiger partial charge in [-0.3, -0.25) is 4.90 Å². The van der Waals surface area contributed by atoms with Gasteiger partial charge in [0.25, 0.3) is 0 Å². The highest BCUT2D eigenvalue weighted by Gasteiger charge is 2.30. The third kappa shape index (κ3) is 2.23. The fourth-order valence-electron chi connectivity index (χ4n) is 2.60. The Balaban J connectivity index is 2.17. The van der Waals surface area contributed by atoms with Gasteiger partial charge in [-0.25, -0.2) is 4.79 Å². The molecule has 4 heteroatoms. The second-order valence-corrected chi connectivity index (χ2v) is 5.09. The van der Waals surface area contributed by atoms with Crippen molar-refractivity contribution in [1.29, 1.82) is 5.26 Å². The van der Waals surface area contributed by atoms with Crippen molar-refractivity contribution in [1.82, 2.24) is 0 Å². The summed E-state index contributed by atoms with van der Waals surface area (Å²) in [6.45, 7) is 5.17. The summed E-state index contributed by atoms with van der Waals surface area (Å²) in [5.74, 6) is 0.290. The van der Waals surface area contributed by atoms with Gasteiger partial charge in [0.15, 0.2) is 0 Å². The number of carbonyl (C=O) groups excluding carboxylic acids is 1. The first-order chi connectivity index (χ1) is 10.6. The first-order valence-electron chi connectivity index (χ1n) is 6.88. The van der Waals surface area contributed by atoms with Gasteiger partial charge in [-0.15, -0.1) is 0 Å². The highest BCUT2D eigenvalue weighted by Crippen LogP contribution is 2.35. The molecule has 22 heavy (non-hydrogen) atoms. The van der Waals surface area contributed by atoms with Crippen LogP contribution in [0.3, 0.4) is 0 Å². The van der Waals surface area contributed by atoms with Crippen molar-refractivity contribution in [3.05, 3.63) is 60.4 Å². The molecule has 0 saturated carbocycles. The van der Waals surface area contributed by atoms with E-state index < -0.39 is 12.1 Å². The van der Waals surface area contributed by atoms with E-state index >= 15 is 0 Å². The molecule has 0 aliphatic carbocycles. The van der Waals surface area contributed by atoms with Crippen molar-refractivity contribution in [2.45, 2.75) is 13.0 Å². The van der Waals surface area contributed by atoms with Crippen molar-refractivity contribution in [2.24, 2.45) is 0 Å². The number of ether oxygens (including phenoxy) is 1. The monoisotopic (exact) mass is 290 g/mol. The predicted octanol–water partition coefficient (Wildman–Crippen LogP) is 4.24. The fraction of sp³-hybridized carbons (Fsp3) is 0.111. The standard InChI is InChI=1S/C18H14N2O2/c1-12(2)22-18(21)20-14(11-19)8-9-16-15-6-4-3-5-13(15)7-10-17(16)20/h3-10,14H,1H2,2H3. The zero-order valence-electron chi connectivity index (χ0n) is 12.1. The van der Waals surface area contributed by atoms with Crippen LogP contribution in [0.2, 0.25) is 0 Å². The van der Waals surface area contributed by atoms with Gasteiger partial charge in [-0.05, 0) is 29.8 Å². The molecule has 2 aromatic rings. The number of rotatable bonds is 1. The molecular formula is C18H14N2O2. The molecule has 0 fully saturated rings. The minimum atomic E-state index is -0.694. The van der Waals surface area contributed by atoms with Crippen LogP contribution >= 0.6 is 0 Å². The van der Waals surface area contributed by atoms with E-state index in [1.54, 1.807) is 13.0 Å². The van der Waals surface area contributed by atoms with Crippen LogP contribution in [0.4, 0.5) is 10.5 Å². The molecule has 0 bridgehead atoms. The van der Waals surface area contributed by atoms with E-state index in [-0.39, 0.29) is 0 Å². The van der Waals surface area contributed by atoms with Crippen LogP contribution in [0.5, 0.6) is 0 Å². The van der Waals surface area contributed by atoms with Crippen LogP contribution in [-0.4, -0.2) is 12.1 Å². The van der Waals surface area contributed by atoms with E-state index in [2.05, 4.69) is 12.6 Å². The maximum Gasteiger partial charge on any atom is 0.420 e. The fourth-order valence-corrected chi connectivity index (χ4v) is 2.60. The highest BCUT2D eigenvalue weighted by atomic mass is 16.6. The normalized spacial score (nSPS) is 16.0. The smallest absolute Gasteiger partial charge is 0.415 e. The Labute approximate surface area is 128 Å². The highest BCUT2D eigenvalue weighted by molar-refractivity contribution is 6.03. The molecule has 0 N–H and O–H groups in total. The lowest BCUT2D eigenvalue weighted by Gasteiger charge is -2.29. The molecule has 108 valence electrons. The molecule has 1 amide bonds. The molecule has 1 atom stereocenters. The third-order valence-electron chi connectivity index (χ3n) is 3.52. The number of hydrogen-bond donors (Lipinski definition) is 0. The van der Waals surface area contributed by atoms with Gasteiger partial charge in [-0.2, -0.15) is 5.26 Å². The topological polar surface area (TPSA) is 53.3 Å². The van der Waals surface area contributed by atoms with E-state index in [1.807, 2.05) is 42.5 Å². The van der Waals surface area contributed by atoms with E-state index in [1.165, 1.54) is 4.90 Å². The quantitative estimate of drug-likeness (QED) is 0.738. The summed E-state index contributed by atoms with van der Waals surface area (Å²) >= 11 is 0. The summed E-state index contributed by atoms with van der Waals surface area (Å²) in [4.78, 5) is 13.7. The molecule has 1 aliphatic heterocycles. The molecule has 1 aliphatic rings. The Morgan fingerprint density at radius 3 is 2.82 bits per heavy atom. The number of allylic oxidation sites excluding steroid dienone is 1. The van der Waals surface area contributed by atoms with Crippen LogP contribution in [-0.2, 0) is 4.74 Å². The average molecular weight is 290 g/mol. The summed E-state index contributed by atoms with van der Waals surface area (Å²) < 4.78 is 5.10. The molecule has 2 aromatic carbocycles. The lowest BCUT2D eigenvalue weighted by molar-refractivity contribution is 0.183. The van der Waals surface area contributed by atoms with E-state index in [0.717, 1.165) is 16.3 Å². The summed E-state index contributed by atoms with van der Waals surface area (Å²) in [7, 11) is 0. The Morgan fingerprint density at radius 2 is 2.09 bits per heavy atom. The first kappa shape index (κ1) is 13.9. The predicted molar refractivity (Wildman–Crippen MR) is 86.2 cm³/mol. The number of nitrogens with zero attached hydrogens (tertiary/aromatic N) is 2. The van der Waals surface area contributed by atoms with Crippen LogP contribution in [0, 0.1) is 11.3 Å². The van der Waals surface area contributed by atoms with E-state index in [0.29, 0.717) is 11.4 Å². The van der Waals surface area contributed by atoms with E-state index in [4.69, 9.17) is 4.74 Å². The van der Waals surface area contributed by atoms with Crippen molar-refractivity contribution in [3.63, 3.8) is 0 Å². The number of carbonyl (C=O) groups is 1. The third-order valence-corrected chi connectivity index (χ3v) is 3.52. The minimum Gasteiger partial charge on any atom is -0.415 e. The number of anilines is 1. The van der Waals surface area contributed by atoms with Crippen LogP contribution in [0.15, 0.2) is 54.8 Å². The molecule has 0 saturated heterocycles. The van der Waals surface area contributed by atoms with Crippen LogP contribution < -0.4 is 4.90 Å². The number of amides is 1. The summed E-state index contributed by atoms with van der Waals surface area (Å²) in [5.41, 5.74) is 1.57. The van der Waals surface area contributed by atoms with E-state index in [9.17, 15) is 10.1 Å². The maximum atomic E-state index is 12.3. The van der Waals surface area contributed by atoms with Gasteiger partial charge in [0, 0.05) is 5.56 Å². The van der Waals surface area contributed by atoms with Crippen LogP contribution in [0.1, 0.15) is 12.5 Å². The summed E-state index contributed by atoms with van der Waals surface area (Å²) in [6.07, 6.45) is 2.99. The molecule has 1 heterocycles. The molecule has 1 unspecified atom stereocenters. The first-order valence-corrected chi connectivity index (χ1v) is 6.88. The molecule has 0 radical (unpaired) electrons. The van der Waals surface area contributed by atoms with Crippen molar-refractivity contribution < 1.29 is 9.53 Å². The molecule has 3 rings (SSSR count). The second kappa shape index (κ2) is 5.38. The van der Waals surface area contributed by atoms with Gasteiger partial charge < -0.3 is 4.74 Å². The van der Waals surface area contributed by atoms with Crippen molar-refractivity contribution >= 4 is 28.6 Å². The molecule has 4 nitrogen and oxygen atoms in total. The Kier molecular flexibility index (Phi) is 3.40. The average Bonchev–Trinajstić information content (AvgIpc) is 2.52. The molecule has 0 spiro atoms. The Bertz CT molecular complexity index is 846. The molecular weight excluding hydrogens is 276 g/mol. The zero-order valence-corrected chi connectivity index (χ0v) is 12.1. The van der Waals surface area contributed by atoms with Crippen molar-refractivity contribution in [3.8, 4) is 6.07 Å². The lowest BCUT2D eigenvalue weighted by Crippen LogP contribution is -2.40. The minimum absolute atomic E-state index is 0.290. The number of hydrogen-bond acceptors (Lipinski definition) is 3. The number of fused-ring (bicyclic) bond motifs is 3. The SMILES string of the molecule is C=C(C)OC(=O)N1c2ccc3ccccc3c2C=CC1C#N. The number of benzene rings is 2. The van der Waals surface area contributed by atoms with Gasteiger partial charge in [0.05, 0.1) is 17.5 Å². The second-order valence-electron chi connectivity index (χ2n) is 5.09. The summed E-state index contributed by atoms with van der Waals surface area (Å²) in [5, 5.41) is 11.4.